The van der Waals surface area contributed by atoms with Crippen molar-refractivity contribution in [1.29, 1.82) is 0 Å². The molecule has 0 saturated carbocycles. The van der Waals surface area contributed by atoms with Gasteiger partial charge in [-0.15, -0.1) is 0 Å². The Kier molecular flexibility index (Phi) is 5.15. The summed E-state index contributed by atoms with van der Waals surface area (Å²) in [4.78, 5) is 24.4. The predicted molar refractivity (Wildman–Crippen MR) is 81.5 cm³/mol. The van der Waals surface area contributed by atoms with Crippen molar-refractivity contribution in [3.63, 3.8) is 0 Å². The van der Waals surface area contributed by atoms with Gasteiger partial charge in [0.25, 0.3) is 0 Å². The first-order valence-corrected chi connectivity index (χ1v) is 6.94. The smallest absolute Gasteiger partial charge is 0.338 e. The third kappa shape index (κ3) is 4.59. The molecular weight excluding hydrogens is 268 g/mol. The highest BCUT2D eigenvalue weighted by molar-refractivity contribution is 5.91. The molecule has 1 rings (SSSR count). The molecule has 0 aromatic heterocycles. The largest absolute Gasteiger partial charge is 0.497 e. The van der Waals surface area contributed by atoms with Crippen LogP contribution in [0.1, 0.15) is 45.0 Å². The van der Waals surface area contributed by atoms with Crippen LogP contribution in [0.4, 0.5) is 0 Å². The number of rotatable bonds is 5. The number of esters is 1. The minimum absolute atomic E-state index is 0.0547. The fraction of sp³-hybridized carbons (Fsp3) is 0.529. The zero-order chi connectivity index (χ0) is 16.3. The normalized spacial score (nSPS) is 11.9. The molecule has 0 N–H and O–H groups in total. The van der Waals surface area contributed by atoms with Gasteiger partial charge in [0.1, 0.15) is 18.1 Å². The van der Waals surface area contributed by atoms with E-state index in [9.17, 15) is 9.59 Å². The molecule has 0 aliphatic carbocycles. The lowest BCUT2D eigenvalue weighted by Gasteiger charge is -2.30. The lowest BCUT2D eigenvalue weighted by molar-refractivity contribution is -0.137. The number of hydrogen-bond acceptors (Lipinski definition) is 4. The highest BCUT2D eigenvalue weighted by Crippen LogP contribution is 2.29. The van der Waals surface area contributed by atoms with Gasteiger partial charge in [-0.25, -0.2) is 4.79 Å². The Morgan fingerprint density at radius 2 is 1.71 bits per heavy atom. The van der Waals surface area contributed by atoms with Crippen LogP contribution in [0.2, 0.25) is 0 Å². The Balaban J connectivity index is 2.74. The molecule has 116 valence electrons. The van der Waals surface area contributed by atoms with Crippen LogP contribution in [0.25, 0.3) is 0 Å². The number of methoxy groups -OCH3 is 1. The van der Waals surface area contributed by atoms with Gasteiger partial charge in [0.15, 0.2) is 0 Å². The van der Waals surface area contributed by atoms with E-state index in [1.54, 1.807) is 38.1 Å². The summed E-state index contributed by atoms with van der Waals surface area (Å²) in [6, 6.07) is 6.75. The van der Waals surface area contributed by atoms with Crippen LogP contribution in [0, 0.1) is 10.8 Å². The Morgan fingerprint density at radius 3 is 2.24 bits per heavy atom. The Hall–Kier alpha value is -1.84. The Labute approximate surface area is 126 Å². The van der Waals surface area contributed by atoms with Crippen LogP contribution in [-0.4, -0.2) is 25.5 Å². The topological polar surface area (TPSA) is 52.6 Å². The van der Waals surface area contributed by atoms with Gasteiger partial charge in [-0.1, -0.05) is 26.8 Å². The van der Waals surface area contributed by atoms with E-state index < -0.39 is 16.8 Å². The molecule has 1 aromatic carbocycles. The van der Waals surface area contributed by atoms with Crippen molar-refractivity contribution in [1.82, 2.24) is 0 Å². The van der Waals surface area contributed by atoms with Crippen molar-refractivity contribution in [2.45, 2.75) is 34.6 Å². The summed E-state index contributed by atoms with van der Waals surface area (Å²) in [5.41, 5.74) is -0.771. The van der Waals surface area contributed by atoms with Crippen molar-refractivity contribution >= 4 is 11.8 Å². The van der Waals surface area contributed by atoms with E-state index in [1.807, 2.05) is 20.8 Å². The molecule has 0 saturated heterocycles. The first kappa shape index (κ1) is 17.2. The summed E-state index contributed by atoms with van der Waals surface area (Å²) < 4.78 is 10.4. The van der Waals surface area contributed by atoms with E-state index in [0.717, 1.165) is 0 Å². The average Bonchev–Trinajstić information content (AvgIpc) is 2.43. The molecule has 0 radical (unpaired) electrons. The highest BCUT2D eigenvalue weighted by Gasteiger charge is 2.37. The molecule has 0 spiro atoms. The van der Waals surface area contributed by atoms with Gasteiger partial charge < -0.3 is 9.47 Å². The number of Topliss-reactive ketones (excluding diaryl/α,β-unsaturated/α-hetero) is 1. The molecule has 0 unspecified atom stereocenters. The van der Waals surface area contributed by atoms with Gasteiger partial charge in [0.2, 0.25) is 0 Å². The van der Waals surface area contributed by atoms with Gasteiger partial charge in [-0.3, -0.25) is 4.79 Å². The molecule has 21 heavy (non-hydrogen) atoms. The van der Waals surface area contributed by atoms with Crippen LogP contribution in [-0.2, 0) is 9.53 Å². The monoisotopic (exact) mass is 292 g/mol. The molecule has 0 aliphatic rings. The first-order valence-electron chi connectivity index (χ1n) is 6.94. The zero-order valence-electron chi connectivity index (χ0n) is 13.6. The van der Waals surface area contributed by atoms with E-state index in [0.29, 0.717) is 11.3 Å². The van der Waals surface area contributed by atoms with Gasteiger partial charge in [0, 0.05) is 5.41 Å². The van der Waals surface area contributed by atoms with Crippen molar-refractivity contribution in [3.8, 4) is 5.75 Å². The molecule has 0 heterocycles. The summed E-state index contributed by atoms with van der Waals surface area (Å²) in [5, 5.41) is 0. The van der Waals surface area contributed by atoms with E-state index in [1.165, 1.54) is 7.11 Å². The van der Waals surface area contributed by atoms with Gasteiger partial charge in [-0.2, -0.15) is 0 Å². The van der Waals surface area contributed by atoms with Gasteiger partial charge >= 0.3 is 5.97 Å². The maximum absolute atomic E-state index is 12.3. The van der Waals surface area contributed by atoms with Gasteiger partial charge in [0.05, 0.1) is 18.1 Å². The van der Waals surface area contributed by atoms with E-state index in [-0.39, 0.29) is 12.4 Å². The molecule has 0 amide bonds. The fourth-order valence-electron chi connectivity index (χ4n) is 2.16. The van der Waals surface area contributed by atoms with Crippen molar-refractivity contribution in [3.05, 3.63) is 29.8 Å². The Bertz CT molecular complexity index is 524. The quantitative estimate of drug-likeness (QED) is 0.779. The number of carbonyl (C=O) groups excluding carboxylic acids is 2. The molecule has 4 heteroatoms. The maximum Gasteiger partial charge on any atom is 0.338 e. The van der Waals surface area contributed by atoms with Crippen LogP contribution in [0.5, 0.6) is 5.75 Å². The second-order valence-corrected chi connectivity index (χ2v) is 6.77. The van der Waals surface area contributed by atoms with Gasteiger partial charge in [-0.05, 0) is 32.0 Å². The minimum atomic E-state index is -0.715. The van der Waals surface area contributed by atoms with Crippen LogP contribution in [0.15, 0.2) is 24.3 Å². The highest BCUT2D eigenvalue weighted by atomic mass is 16.5. The Morgan fingerprint density at radius 1 is 1.10 bits per heavy atom. The second kappa shape index (κ2) is 6.29. The number of benzene rings is 1. The lowest BCUT2D eigenvalue weighted by atomic mass is 9.75. The summed E-state index contributed by atoms with van der Waals surface area (Å²) in [6.45, 7) is 9.22. The zero-order valence-corrected chi connectivity index (χ0v) is 13.6. The van der Waals surface area contributed by atoms with E-state index in [4.69, 9.17) is 9.47 Å². The average molecular weight is 292 g/mol. The molecule has 1 aromatic rings. The second-order valence-electron chi connectivity index (χ2n) is 6.77. The first-order chi connectivity index (χ1) is 9.58. The SMILES string of the molecule is COc1cccc(C(=O)OCC(C)(C)C(=O)C(C)(C)C)c1. The minimum Gasteiger partial charge on any atom is -0.497 e. The lowest BCUT2D eigenvalue weighted by Crippen LogP contribution is -2.38. The fourth-order valence-corrected chi connectivity index (χ4v) is 2.16. The summed E-state index contributed by atoms with van der Waals surface area (Å²) in [6.07, 6.45) is 0. The van der Waals surface area contributed by atoms with Crippen LogP contribution in [0.3, 0.4) is 0 Å². The molecule has 0 aliphatic heterocycles. The summed E-state index contributed by atoms with van der Waals surface area (Å²) in [5.74, 6) is 0.201. The summed E-state index contributed by atoms with van der Waals surface area (Å²) >= 11 is 0. The molecule has 0 bridgehead atoms. The van der Waals surface area contributed by atoms with Crippen molar-refractivity contribution < 1.29 is 19.1 Å². The van der Waals surface area contributed by atoms with Crippen LogP contribution >= 0.6 is 0 Å². The molecule has 4 nitrogen and oxygen atoms in total. The summed E-state index contributed by atoms with van der Waals surface area (Å²) in [7, 11) is 1.54. The standard InChI is InChI=1S/C17H24O4/c1-16(2,3)15(19)17(4,5)11-21-14(18)12-8-7-9-13(10-12)20-6/h7-10H,11H2,1-6H3. The maximum atomic E-state index is 12.3. The van der Waals surface area contributed by atoms with E-state index in [2.05, 4.69) is 0 Å². The third-order valence-electron chi connectivity index (χ3n) is 3.17. The molecular formula is C17H24O4. The van der Waals surface area contributed by atoms with Crippen molar-refractivity contribution in [2.24, 2.45) is 10.8 Å². The molecule has 0 atom stereocenters. The molecule has 0 fully saturated rings. The van der Waals surface area contributed by atoms with E-state index >= 15 is 0 Å². The number of hydrogen-bond donors (Lipinski definition) is 0. The van der Waals surface area contributed by atoms with Crippen molar-refractivity contribution in [2.75, 3.05) is 13.7 Å². The third-order valence-corrected chi connectivity index (χ3v) is 3.17. The number of ether oxygens (including phenoxy) is 2. The van der Waals surface area contributed by atoms with Crippen LogP contribution < -0.4 is 4.74 Å². The number of carbonyl (C=O) groups is 2. The number of ketones is 1. The predicted octanol–water partition coefficient (Wildman–Crippen LogP) is 3.49.